The van der Waals surface area contributed by atoms with Crippen molar-refractivity contribution in [1.82, 2.24) is 10.3 Å². The van der Waals surface area contributed by atoms with Gasteiger partial charge in [-0.3, -0.25) is 14.4 Å². The summed E-state index contributed by atoms with van der Waals surface area (Å²) in [6.07, 6.45) is 3.49. The van der Waals surface area contributed by atoms with Crippen LogP contribution in [0.1, 0.15) is 30.1 Å². The van der Waals surface area contributed by atoms with E-state index in [1.165, 1.54) is 12.3 Å². The van der Waals surface area contributed by atoms with Crippen molar-refractivity contribution < 1.29 is 14.3 Å². The summed E-state index contributed by atoms with van der Waals surface area (Å²) in [5, 5.41) is 4.96. The SMILES string of the molecule is CCCCOc1ccc(C(=O)NCC(=O)Nc2cc(Br)c[nH]c2=O)cc1. The maximum atomic E-state index is 12.1. The van der Waals surface area contributed by atoms with Gasteiger partial charge in [-0.15, -0.1) is 0 Å². The lowest BCUT2D eigenvalue weighted by atomic mass is 10.2. The quantitative estimate of drug-likeness (QED) is 0.570. The van der Waals surface area contributed by atoms with Gasteiger partial charge in [0.25, 0.3) is 11.5 Å². The molecule has 2 rings (SSSR count). The van der Waals surface area contributed by atoms with Crippen LogP contribution in [-0.2, 0) is 4.79 Å². The summed E-state index contributed by atoms with van der Waals surface area (Å²) in [4.78, 5) is 38.1. The predicted octanol–water partition coefficient (Wildman–Crippen LogP) is 2.68. The largest absolute Gasteiger partial charge is 0.494 e. The van der Waals surface area contributed by atoms with Crippen molar-refractivity contribution in [3.8, 4) is 5.75 Å². The highest BCUT2D eigenvalue weighted by Gasteiger charge is 2.10. The number of amides is 2. The summed E-state index contributed by atoms with van der Waals surface area (Å²) in [7, 11) is 0. The number of rotatable bonds is 8. The van der Waals surface area contributed by atoms with Gasteiger partial charge in [0.1, 0.15) is 11.4 Å². The van der Waals surface area contributed by atoms with Gasteiger partial charge in [0.2, 0.25) is 5.91 Å². The van der Waals surface area contributed by atoms with Gasteiger partial charge in [0.15, 0.2) is 0 Å². The van der Waals surface area contributed by atoms with Gasteiger partial charge in [-0.2, -0.15) is 0 Å². The number of carbonyl (C=O) groups is 2. The van der Waals surface area contributed by atoms with Crippen LogP contribution in [0.4, 0.5) is 5.69 Å². The maximum Gasteiger partial charge on any atom is 0.271 e. The highest BCUT2D eigenvalue weighted by Crippen LogP contribution is 2.13. The lowest BCUT2D eigenvalue weighted by molar-refractivity contribution is -0.115. The first-order valence-corrected chi connectivity index (χ1v) is 8.98. The monoisotopic (exact) mass is 421 g/mol. The predicted molar refractivity (Wildman–Crippen MR) is 103 cm³/mol. The maximum absolute atomic E-state index is 12.1. The van der Waals surface area contributed by atoms with E-state index >= 15 is 0 Å². The molecular formula is C18H20BrN3O4. The smallest absolute Gasteiger partial charge is 0.271 e. The average Bonchev–Trinajstić information content (AvgIpc) is 2.63. The van der Waals surface area contributed by atoms with Crippen LogP contribution in [0, 0.1) is 0 Å². The molecule has 1 aromatic heterocycles. The summed E-state index contributed by atoms with van der Waals surface area (Å²) < 4.78 is 6.16. The molecule has 3 N–H and O–H groups in total. The number of hydrogen-bond donors (Lipinski definition) is 3. The molecule has 7 nitrogen and oxygen atoms in total. The molecule has 0 spiro atoms. The van der Waals surface area contributed by atoms with Crippen LogP contribution in [0.5, 0.6) is 5.75 Å². The molecular weight excluding hydrogens is 402 g/mol. The van der Waals surface area contributed by atoms with E-state index in [1.807, 2.05) is 0 Å². The fourth-order valence-corrected chi connectivity index (χ4v) is 2.39. The van der Waals surface area contributed by atoms with Crippen LogP contribution < -0.4 is 20.9 Å². The van der Waals surface area contributed by atoms with E-state index in [1.54, 1.807) is 24.3 Å². The van der Waals surface area contributed by atoms with Gasteiger partial charge < -0.3 is 20.4 Å². The van der Waals surface area contributed by atoms with Crippen molar-refractivity contribution >= 4 is 33.4 Å². The standard InChI is InChI=1S/C18H20BrN3O4/c1-2-3-8-26-14-6-4-12(5-7-14)17(24)21-11-16(23)22-15-9-13(19)10-20-18(15)25/h4-7,9-10H,2-3,8,11H2,1H3,(H,20,25)(H,21,24)(H,22,23). The zero-order valence-electron chi connectivity index (χ0n) is 14.3. The van der Waals surface area contributed by atoms with Gasteiger partial charge in [-0.25, -0.2) is 0 Å². The average molecular weight is 422 g/mol. The first-order chi connectivity index (χ1) is 12.5. The Kier molecular flexibility index (Phi) is 7.40. The topological polar surface area (TPSA) is 100 Å². The molecule has 0 aliphatic carbocycles. The van der Waals surface area contributed by atoms with E-state index in [-0.39, 0.29) is 18.1 Å². The van der Waals surface area contributed by atoms with Gasteiger partial charge in [-0.1, -0.05) is 13.3 Å². The Labute approximate surface area is 159 Å². The van der Waals surface area contributed by atoms with E-state index in [0.29, 0.717) is 22.4 Å². The lowest BCUT2D eigenvalue weighted by Gasteiger charge is -2.08. The zero-order valence-corrected chi connectivity index (χ0v) is 15.9. The number of ether oxygens (including phenoxy) is 1. The van der Waals surface area contributed by atoms with E-state index in [9.17, 15) is 14.4 Å². The molecule has 0 bridgehead atoms. The second-order valence-corrected chi connectivity index (χ2v) is 6.43. The number of halogens is 1. The summed E-state index contributed by atoms with van der Waals surface area (Å²) in [6, 6.07) is 8.17. The lowest BCUT2D eigenvalue weighted by Crippen LogP contribution is -2.34. The van der Waals surface area contributed by atoms with Crippen LogP contribution in [0.3, 0.4) is 0 Å². The Bertz CT molecular complexity index is 818. The Hall–Kier alpha value is -2.61. The number of hydrogen-bond acceptors (Lipinski definition) is 4. The van der Waals surface area contributed by atoms with Crippen molar-refractivity contribution in [1.29, 1.82) is 0 Å². The summed E-state index contributed by atoms with van der Waals surface area (Å²) in [5.41, 5.74) is 0.0969. The molecule has 0 radical (unpaired) electrons. The van der Waals surface area contributed by atoms with Crippen LogP contribution in [0.25, 0.3) is 0 Å². The second-order valence-electron chi connectivity index (χ2n) is 5.52. The third-order valence-electron chi connectivity index (χ3n) is 3.43. The number of anilines is 1. The Morgan fingerprint density at radius 1 is 1.23 bits per heavy atom. The Morgan fingerprint density at radius 3 is 2.65 bits per heavy atom. The van der Waals surface area contributed by atoms with E-state index in [4.69, 9.17) is 4.74 Å². The molecule has 0 saturated carbocycles. The minimum absolute atomic E-state index is 0.104. The molecule has 2 aromatic rings. The summed E-state index contributed by atoms with van der Waals surface area (Å²) in [5.74, 6) is -0.188. The number of pyridine rings is 1. The molecule has 0 aliphatic rings. The van der Waals surface area contributed by atoms with Crippen molar-refractivity contribution in [3.63, 3.8) is 0 Å². The first kappa shape index (κ1) is 19.7. The molecule has 0 unspecified atom stereocenters. The molecule has 138 valence electrons. The zero-order chi connectivity index (χ0) is 18.9. The molecule has 2 amide bonds. The third kappa shape index (κ3) is 6.03. The number of nitrogens with one attached hydrogen (secondary N) is 3. The van der Waals surface area contributed by atoms with Crippen LogP contribution in [0.2, 0.25) is 0 Å². The molecule has 0 atom stereocenters. The molecule has 0 fully saturated rings. The third-order valence-corrected chi connectivity index (χ3v) is 3.89. The van der Waals surface area contributed by atoms with Crippen LogP contribution in [0.15, 0.2) is 45.8 Å². The van der Waals surface area contributed by atoms with Crippen molar-refractivity contribution in [2.24, 2.45) is 0 Å². The fraction of sp³-hybridized carbons (Fsp3) is 0.278. The summed E-state index contributed by atoms with van der Waals surface area (Å²) >= 11 is 3.20. The number of aromatic amines is 1. The van der Waals surface area contributed by atoms with Crippen molar-refractivity contribution in [3.05, 3.63) is 56.9 Å². The molecule has 0 saturated heterocycles. The highest BCUT2D eigenvalue weighted by atomic mass is 79.9. The minimum atomic E-state index is -0.499. The Morgan fingerprint density at radius 2 is 1.96 bits per heavy atom. The minimum Gasteiger partial charge on any atom is -0.494 e. The summed E-state index contributed by atoms with van der Waals surface area (Å²) in [6.45, 7) is 2.47. The highest BCUT2D eigenvalue weighted by molar-refractivity contribution is 9.10. The van der Waals surface area contributed by atoms with Gasteiger partial charge in [0.05, 0.1) is 13.2 Å². The van der Waals surface area contributed by atoms with E-state index in [2.05, 4.69) is 38.5 Å². The first-order valence-electron chi connectivity index (χ1n) is 8.18. The molecule has 1 heterocycles. The van der Waals surface area contributed by atoms with Crippen molar-refractivity contribution in [2.75, 3.05) is 18.5 Å². The van der Waals surface area contributed by atoms with Crippen molar-refractivity contribution in [2.45, 2.75) is 19.8 Å². The van der Waals surface area contributed by atoms with Gasteiger partial charge in [-0.05, 0) is 52.7 Å². The molecule has 0 aliphatic heterocycles. The van der Waals surface area contributed by atoms with Crippen LogP contribution >= 0.6 is 15.9 Å². The molecule has 26 heavy (non-hydrogen) atoms. The number of carbonyl (C=O) groups excluding carboxylic acids is 2. The normalized spacial score (nSPS) is 10.2. The Balaban J connectivity index is 1.84. The number of benzene rings is 1. The van der Waals surface area contributed by atoms with E-state index < -0.39 is 11.5 Å². The van der Waals surface area contributed by atoms with Crippen LogP contribution in [-0.4, -0.2) is 29.9 Å². The van der Waals surface area contributed by atoms with E-state index in [0.717, 1.165) is 12.8 Å². The second kappa shape index (κ2) is 9.76. The molecule has 8 heteroatoms. The number of H-pyrrole nitrogens is 1. The van der Waals surface area contributed by atoms with Gasteiger partial charge in [0, 0.05) is 16.2 Å². The number of aromatic nitrogens is 1. The van der Waals surface area contributed by atoms with Gasteiger partial charge >= 0.3 is 0 Å². The molecule has 1 aromatic carbocycles. The fourth-order valence-electron chi connectivity index (χ4n) is 2.04. The number of unbranched alkanes of at least 4 members (excludes halogenated alkanes) is 1.